The molecule has 88 valence electrons. The van der Waals surface area contributed by atoms with Crippen molar-refractivity contribution in [2.24, 2.45) is 0 Å². The predicted molar refractivity (Wildman–Crippen MR) is 72.1 cm³/mol. The summed E-state index contributed by atoms with van der Waals surface area (Å²) in [4.78, 5) is 11.6. The number of nitrogens with one attached hydrogen (secondary N) is 1. The van der Waals surface area contributed by atoms with Gasteiger partial charge in [0.05, 0.1) is 0 Å². The normalized spacial score (nSPS) is 11.2. The lowest BCUT2D eigenvalue weighted by Gasteiger charge is -2.16. The van der Waals surface area contributed by atoms with Crippen molar-refractivity contribution in [3.8, 4) is 0 Å². The van der Waals surface area contributed by atoms with E-state index in [1.54, 1.807) is 0 Å². The fourth-order valence-electron chi connectivity index (χ4n) is 1.28. The SMILES string of the molecule is Cc1ccc(NC(=O)CCC(C)(C)S)cc1. The highest BCUT2D eigenvalue weighted by Crippen LogP contribution is 2.19. The molecule has 0 aliphatic heterocycles. The van der Waals surface area contributed by atoms with Crippen molar-refractivity contribution in [3.63, 3.8) is 0 Å². The van der Waals surface area contributed by atoms with Crippen molar-refractivity contribution in [2.75, 3.05) is 5.32 Å². The third-order valence-corrected chi connectivity index (χ3v) is 2.52. The van der Waals surface area contributed by atoms with Gasteiger partial charge in [0.2, 0.25) is 5.91 Å². The van der Waals surface area contributed by atoms with E-state index in [1.165, 1.54) is 5.56 Å². The van der Waals surface area contributed by atoms with Crippen LogP contribution in [0.3, 0.4) is 0 Å². The second-order valence-electron chi connectivity index (χ2n) is 4.73. The number of hydrogen-bond acceptors (Lipinski definition) is 2. The average molecular weight is 237 g/mol. The maximum atomic E-state index is 11.6. The molecule has 0 spiro atoms. The van der Waals surface area contributed by atoms with Gasteiger partial charge in [-0.15, -0.1) is 0 Å². The zero-order chi connectivity index (χ0) is 12.2. The molecule has 1 rings (SSSR count). The number of aryl methyl sites for hydroxylation is 1. The molecule has 1 amide bonds. The topological polar surface area (TPSA) is 29.1 Å². The fourth-order valence-corrected chi connectivity index (χ4v) is 1.39. The number of anilines is 1. The molecule has 2 nitrogen and oxygen atoms in total. The lowest BCUT2D eigenvalue weighted by atomic mass is 10.1. The molecule has 0 aliphatic rings. The van der Waals surface area contributed by atoms with E-state index in [-0.39, 0.29) is 10.7 Å². The number of amides is 1. The van der Waals surface area contributed by atoms with Crippen LogP contribution >= 0.6 is 12.6 Å². The largest absolute Gasteiger partial charge is 0.326 e. The summed E-state index contributed by atoms with van der Waals surface area (Å²) in [6.45, 7) is 6.04. The number of hydrogen-bond donors (Lipinski definition) is 2. The van der Waals surface area contributed by atoms with Gasteiger partial charge in [-0.2, -0.15) is 12.6 Å². The molecule has 1 aromatic rings. The number of benzene rings is 1. The molecule has 0 aromatic heterocycles. The van der Waals surface area contributed by atoms with Gasteiger partial charge in [0, 0.05) is 16.9 Å². The molecule has 0 aliphatic carbocycles. The minimum Gasteiger partial charge on any atom is -0.326 e. The Kier molecular flexibility index (Phi) is 4.42. The third-order valence-electron chi connectivity index (χ3n) is 2.30. The van der Waals surface area contributed by atoms with E-state index in [2.05, 4.69) is 17.9 Å². The van der Waals surface area contributed by atoms with Crippen LogP contribution in [0.4, 0.5) is 5.69 Å². The molecule has 0 saturated heterocycles. The second-order valence-corrected chi connectivity index (χ2v) is 5.94. The number of carbonyl (C=O) groups excluding carboxylic acids is 1. The Morgan fingerprint density at radius 1 is 1.31 bits per heavy atom. The third kappa shape index (κ3) is 5.21. The van der Waals surface area contributed by atoms with E-state index < -0.39 is 0 Å². The molecule has 1 N–H and O–H groups in total. The van der Waals surface area contributed by atoms with Crippen molar-refractivity contribution < 1.29 is 4.79 Å². The maximum Gasteiger partial charge on any atom is 0.224 e. The van der Waals surface area contributed by atoms with E-state index in [0.29, 0.717) is 6.42 Å². The first kappa shape index (κ1) is 13.1. The van der Waals surface area contributed by atoms with Gasteiger partial charge in [0.25, 0.3) is 0 Å². The summed E-state index contributed by atoms with van der Waals surface area (Å²) >= 11 is 4.39. The van der Waals surface area contributed by atoms with Gasteiger partial charge >= 0.3 is 0 Å². The van der Waals surface area contributed by atoms with E-state index >= 15 is 0 Å². The lowest BCUT2D eigenvalue weighted by Crippen LogP contribution is -2.17. The molecule has 0 unspecified atom stereocenters. The lowest BCUT2D eigenvalue weighted by molar-refractivity contribution is -0.116. The summed E-state index contributed by atoms with van der Waals surface area (Å²) in [6, 6.07) is 7.80. The molecule has 0 heterocycles. The van der Waals surface area contributed by atoms with E-state index in [1.807, 2.05) is 45.0 Å². The van der Waals surface area contributed by atoms with E-state index in [0.717, 1.165) is 12.1 Å². The number of carbonyl (C=O) groups is 1. The van der Waals surface area contributed by atoms with Crippen LogP contribution in [0.15, 0.2) is 24.3 Å². The van der Waals surface area contributed by atoms with E-state index in [9.17, 15) is 4.79 Å². The van der Waals surface area contributed by atoms with E-state index in [4.69, 9.17) is 0 Å². The van der Waals surface area contributed by atoms with Gasteiger partial charge in [-0.05, 0) is 25.5 Å². The quantitative estimate of drug-likeness (QED) is 0.772. The number of thiol groups is 1. The van der Waals surface area contributed by atoms with Crippen LogP contribution in [0.2, 0.25) is 0 Å². The highest BCUT2D eigenvalue weighted by atomic mass is 32.1. The molecule has 0 atom stereocenters. The van der Waals surface area contributed by atoms with Crippen LogP contribution < -0.4 is 5.32 Å². The first-order valence-corrected chi connectivity index (χ1v) is 5.90. The smallest absolute Gasteiger partial charge is 0.224 e. The highest BCUT2D eigenvalue weighted by Gasteiger charge is 2.13. The molecule has 0 bridgehead atoms. The highest BCUT2D eigenvalue weighted by molar-refractivity contribution is 7.81. The molecule has 0 saturated carbocycles. The first-order chi connectivity index (χ1) is 7.37. The van der Waals surface area contributed by atoms with Gasteiger partial charge in [-0.25, -0.2) is 0 Å². The molecule has 16 heavy (non-hydrogen) atoms. The van der Waals surface area contributed by atoms with Crippen LogP contribution in [0.5, 0.6) is 0 Å². The van der Waals surface area contributed by atoms with Crippen molar-refractivity contribution in [1.29, 1.82) is 0 Å². The Balaban J connectivity index is 2.43. The Morgan fingerprint density at radius 3 is 2.38 bits per heavy atom. The summed E-state index contributed by atoms with van der Waals surface area (Å²) < 4.78 is -0.0926. The Bertz CT molecular complexity index is 351. The van der Waals surface area contributed by atoms with Crippen LogP contribution in [0.25, 0.3) is 0 Å². The predicted octanol–water partition coefficient (Wildman–Crippen LogP) is 3.42. The average Bonchev–Trinajstić information content (AvgIpc) is 2.18. The number of rotatable bonds is 4. The maximum absolute atomic E-state index is 11.6. The van der Waals surface area contributed by atoms with Gasteiger partial charge in [0.1, 0.15) is 0 Å². The Hall–Kier alpha value is -0.960. The monoisotopic (exact) mass is 237 g/mol. The van der Waals surface area contributed by atoms with Gasteiger partial charge in [0.15, 0.2) is 0 Å². The van der Waals surface area contributed by atoms with Crippen molar-refractivity contribution in [2.45, 2.75) is 38.4 Å². The summed E-state index contributed by atoms with van der Waals surface area (Å²) in [5, 5.41) is 2.87. The summed E-state index contributed by atoms with van der Waals surface area (Å²) in [5.74, 6) is 0.0472. The van der Waals surface area contributed by atoms with Crippen molar-refractivity contribution >= 4 is 24.2 Å². The molecule has 0 radical (unpaired) electrons. The Morgan fingerprint density at radius 2 is 1.88 bits per heavy atom. The molecule has 3 heteroatoms. The fraction of sp³-hybridized carbons (Fsp3) is 0.462. The van der Waals surface area contributed by atoms with Gasteiger partial charge < -0.3 is 5.32 Å². The molecular formula is C13H19NOS. The molecule has 0 fully saturated rings. The van der Waals surface area contributed by atoms with Crippen LogP contribution in [0.1, 0.15) is 32.3 Å². The first-order valence-electron chi connectivity index (χ1n) is 5.46. The summed E-state index contributed by atoms with van der Waals surface area (Å²) in [7, 11) is 0. The zero-order valence-electron chi connectivity index (χ0n) is 10.1. The van der Waals surface area contributed by atoms with Crippen molar-refractivity contribution in [1.82, 2.24) is 0 Å². The van der Waals surface area contributed by atoms with Crippen LogP contribution in [0, 0.1) is 6.92 Å². The van der Waals surface area contributed by atoms with Crippen LogP contribution in [-0.2, 0) is 4.79 Å². The summed E-state index contributed by atoms with van der Waals surface area (Å²) in [6.07, 6.45) is 1.28. The molecule has 1 aromatic carbocycles. The summed E-state index contributed by atoms with van der Waals surface area (Å²) in [5.41, 5.74) is 2.04. The molecular weight excluding hydrogens is 218 g/mol. The van der Waals surface area contributed by atoms with Gasteiger partial charge in [-0.3, -0.25) is 4.79 Å². The Labute approximate surface area is 103 Å². The minimum absolute atomic E-state index is 0.0472. The van der Waals surface area contributed by atoms with Gasteiger partial charge in [-0.1, -0.05) is 31.5 Å². The van der Waals surface area contributed by atoms with Crippen LogP contribution in [-0.4, -0.2) is 10.7 Å². The minimum atomic E-state index is -0.0926. The standard InChI is InChI=1S/C13H19NOS/c1-10-4-6-11(7-5-10)14-12(15)8-9-13(2,3)16/h4-7,16H,8-9H2,1-3H3,(H,14,15). The second kappa shape index (κ2) is 5.39. The zero-order valence-corrected chi connectivity index (χ0v) is 11.0. The van der Waals surface area contributed by atoms with Crippen molar-refractivity contribution in [3.05, 3.63) is 29.8 Å².